The summed E-state index contributed by atoms with van der Waals surface area (Å²) in [4.78, 5) is 33.5. The van der Waals surface area contributed by atoms with Crippen molar-refractivity contribution in [1.82, 2.24) is 10.6 Å². The molecule has 0 aliphatic rings. The molecule has 0 aliphatic carbocycles. The highest BCUT2D eigenvalue weighted by atomic mass is 16.5. The zero-order valence-electron chi connectivity index (χ0n) is 11.5. The Morgan fingerprint density at radius 2 is 1.72 bits per heavy atom. The Bertz CT molecular complexity index is 308. The van der Waals surface area contributed by atoms with Gasteiger partial charge in [-0.25, -0.2) is 0 Å². The van der Waals surface area contributed by atoms with Crippen molar-refractivity contribution in [3.8, 4) is 0 Å². The quantitative estimate of drug-likeness (QED) is 0.527. The second-order valence-electron chi connectivity index (χ2n) is 4.96. The first-order valence-corrected chi connectivity index (χ1v) is 5.89. The van der Waals surface area contributed by atoms with Crippen molar-refractivity contribution in [2.24, 2.45) is 5.41 Å². The average molecular weight is 258 g/mol. The van der Waals surface area contributed by atoms with E-state index in [0.29, 0.717) is 13.0 Å². The lowest BCUT2D eigenvalue weighted by Gasteiger charge is -2.17. The van der Waals surface area contributed by atoms with E-state index in [0.717, 1.165) is 0 Å². The summed E-state index contributed by atoms with van der Waals surface area (Å²) in [5.41, 5.74) is -0.423. The molecule has 0 aromatic heterocycles. The van der Waals surface area contributed by atoms with E-state index in [1.807, 2.05) is 20.8 Å². The fourth-order valence-electron chi connectivity index (χ4n) is 1.05. The third kappa shape index (κ3) is 7.65. The van der Waals surface area contributed by atoms with E-state index in [2.05, 4.69) is 15.4 Å². The highest BCUT2D eigenvalue weighted by Gasteiger charge is 2.20. The number of carbonyl (C=O) groups is 3. The molecule has 0 bridgehead atoms. The third-order valence-corrected chi connectivity index (χ3v) is 2.20. The molecule has 6 nitrogen and oxygen atoms in total. The van der Waals surface area contributed by atoms with Crippen LogP contribution in [0.25, 0.3) is 0 Å². The summed E-state index contributed by atoms with van der Waals surface area (Å²) >= 11 is 0. The number of methoxy groups -OCH3 is 1. The molecule has 6 heteroatoms. The summed E-state index contributed by atoms with van der Waals surface area (Å²) in [6, 6.07) is 0. The number of hydrogen-bond acceptors (Lipinski definition) is 4. The van der Waals surface area contributed by atoms with Crippen molar-refractivity contribution >= 4 is 17.8 Å². The van der Waals surface area contributed by atoms with Crippen LogP contribution in [0.1, 0.15) is 33.6 Å². The molecule has 0 unspecified atom stereocenters. The van der Waals surface area contributed by atoms with Gasteiger partial charge in [-0.15, -0.1) is 0 Å². The Balaban J connectivity index is 3.64. The molecule has 0 saturated heterocycles. The first-order chi connectivity index (χ1) is 8.27. The molecule has 104 valence electrons. The summed E-state index contributed by atoms with van der Waals surface area (Å²) in [6.45, 7) is 5.80. The standard InChI is InChI=1S/C12H22N2O4/c1-12(2,3)11(17)13-7-5-6-9(15)14-8-10(16)18-4/h5-8H2,1-4H3,(H,13,17)(H,14,15). The lowest BCUT2D eigenvalue weighted by molar-refractivity contribution is -0.141. The first-order valence-electron chi connectivity index (χ1n) is 5.89. The average Bonchev–Trinajstić information content (AvgIpc) is 2.29. The van der Waals surface area contributed by atoms with Gasteiger partial charge in [0.25, 0.3) is 0 Å². The van der Waals surface area contributed by atoms with Crippen molar-refractivity contribution in [2.75, 3.05) is 20.2 Å². The number of carbonyl (C=O) groups excluding carboxylic acids is 3. The highest BCUT2D eigenvalue weighted by Crippen LogP contribution is 2.12. The van der Waals surface area contributed by atoms with Gasteiger partial charge < -0.3 is 15.4 Å². The SMILES string of the molecule is COC(=O)CNC(=O)CCCNC(=O)C(C)(C)C. The molecule has 0 aliphatic heterocycles. The van der Waals surface area contributed by atoms with Gasteiger partial charge in [0.15, 0.2) is 0 Å². The molecule has 2 amide bonds. The molecule has 0 heterocycles. The Hall–Kier alpha value is -1.59. The number of hydrogen-bond donors (Lipinski definition) is 2. The van der Waals surface area contributed by atoms with E-state index < -0.39 is 11.4 Å². The molecular formula is C12H22N2O4. The summed E-state index contributed by atoms with van der Waals surface area (Å²) < 4.78 is 4.38. The van der Waals surface area contributed by atoms with E-state index in [9.17, 15) is 14.4 Å². The molecule has 18 heavy (non-hydrogen) atoms. The zero-order valence-corrected chi connectivity index (χ0v) is 11.5. The third-order valence-electron chi connectivity index (χ3n) is 2.20. The first kappa shape index (κ1) is 16.4. The Morgan fingerprint density at radius 1 is 1.11 bits per heavy atom. The maximum atomic E-state index is 11.5. The summed E-state index contributed by atoms with van der Waals surface area (Å²) in [7, 11) is 1.26. The van der Waals surface area contributed by atoms with Gasteiger partial charge in [0, 0.05) is 18.4 Å². The van der Waals surface area contributed by atoms with Gasteiger partial charge in [0.05, 0.1) is 7.11 Å². The van der Waals surface area contributed by atoms with Crippen molar-refractivity contribution in [3.05, 3.63) is 0 Å². The topological polar surface area (TPSA) is 84.5 Å². The van der Waals surface area contributed by atoms with E-state index in [-0.39, 0.29) is 24.8 Å². The van der Waals surface area contributed by atoms with Crippen LogP contribution in [0.4, 0.5) is 0 Å². The normalized spacial score (nSPS) is 10.7. The van der Waals surface area contributed by atoms with Gasteiger partial charge in [-0.2, -0.15) is 0 Å². The Morgan fingerprint density at radius 3 is 2.22 bits per heavy atom. The molecule has 0 aromatic carbocycles. The smallest absolute Gasteiger partial charge is 0.325 e. The van der Waals surface area contributed by atoms with Gasteiger partial charge in [-0.1, -0.05) is 20.8 Å². The number of rotatable bonds is 6. The second kappa shape index (κ2) is 7.68. The van der Waals surface area contributed by atoms with E-state index in [1.165, 1.54) is 7.11 Å². The second-order valence-corrected chi connectivity index (χ2v) is 4.96. The highest BCUT2D eigenvalue weighted by molar-refractivity contribution is 5.82. The minimum absolute atomic E-state index is 0.0440. The molecule has 2 N–H and O–H groups in total. The molecule has 0 aromatic rings. The zero-order chi connectivity index (χ0) is 14.2. The van der Waals surface area contributed by atoms with Crippen LogP contribution in [0.3, 0.4) is 0 Å². The number of amides is 2. The minimum atomic E-state index is -0.482. The van der Waals surface area contributed by atoms with Gasteiger partial charge in [-0.05, 0) is 6.42 Å². The van der Waals surface area contributed by atoms with Crippen LogP contribution in [-0.2, 0) is 19.1 Å². The molecule has 0 saturated carbocycles. The van der Waals surface area contributed by atoms with Crippen LogP contribution in [0.15, 0.2) is 0 Å². The Labute approximate surface area is 107 Å². The van der Waals surface area contributed by atoms with Crippen molar-refractivity contribution in [1.29, 1.82) is 0 Å². The molecule has 0 spiro atoms. The molecule has 0 radical (unpaired) electrons. The monoisotopic (exact) mass is 258 g/mol. The fraction of sp³-hybridized carbons (Fsp3) is 0.750. The lowest BCUT2D eigenvalue weighted by atomic mass is 9.96. The largest absolute Gasteiger partial charge is 0.468 e. The lowest BCUT2D eigenvalue weighted by Crippen LogP contribution is -2.36. The van der Waals surface area contributed by atoms with E-state index in [4.69, 9.17) is 0 Å². The van der Waals surface area contributed by atoms with E-state index in [1.54, 1.807) is 0 Å². The molecule has 0 rings (SSSR count). The van der Waals surface area contributed by atoms with Crippen LogP contribution in [0.5, 0.6) is 0 Å². The number of esters is 1. The van der Waals surface area contributed by atoms with E-state index >= 15 is 0 Å². The summed E-state index contributed by atoms with van der Waals surface area (Å²) in [5.74, 6) is -0.757. The maximum absolute atomic E-state index is 11.5. The van der Waals surface area contributed by atoms with Crippen molar-refractivity contribution in [2.45, 2.75) is 33.6 Å². The Kier molecular flexibility index (Phi) is 7.00. The minimum Gasteiger partial charge on any atom is -0.468 e. The molecular weight excluding hydrogens is 236 g/mol. The molecule has 0 atom stereocenters. The van der Waals surface area contributed by atoms with Crippen LogP contribution in [0.2, 0.25) is 0 Å². The number of nitrogens with one attached hydrogen (secondary N) is 2. The van der Waals surface area contributed by atoms with Crippen molar-refractivity contribution in [3.63, 3.8) is 0 Å². The van der Waals surface area contributed by atoms with Crippen LogP contribution in [-0.4, -0.2) is 38.0 Å². The summed E-state index contributed by atoms with van der Waals surface area (Å²) in [5, 5.41) is 5.17. The van der Waals surface area contributed by atoms with Gasteiger partial charge in [-0.3, -0.25) is 14.4 Å². The number of ether oxygens (including phenoxy) is 1. The predicted molar refractivity (Wildman–Crippen MR) is 66.7 cm³/mol. The van der Waals surface area contributed by atoms with Crippen molar-refractivity contribution < 1.29 is 19.1 Å². The van der Waals surface area contributed by atoms with Crippen LogP contribution >= 0.6 is 0 Å². The van der Waals surface area contributed by atoms with Crippen LogP contribution in [0, 0.1) is 5.41 Å². The van der Waals surface area contributed by atoms with Gasteiger partial charge >= 0.3 is 5.97 Å². The maximum Gasteiger partial charge on any atom is 0.325 e. The summed E-state index contributed by atoms with van der Waals surface area (Å²) in [6.07, 6.45) is 0.802. The fourth-order valence-corrected chi connectivity index (χ4v) is 1.05. The van der Waals surface area contributed by atoms with Crippen LogP contribution < -0.4 is 10.6 Å². The predicted octanol–water partition coefficient (Wildman–Crippen LogP) is 0.218. The molecule has 0 fully saturated rings. The van der Waals surface area contributed by atoms with Gasteiger partial charge in [0.1, 0.15) is 6.54 Å². The van der Waals surface area contributed by atoms with Gasteiger partial charge in [0.2, 0.25) is 11.8 Å².